The summed E-state index contributed by atoms with van der Waals surface area (Å²) in [6.45, 7) is 0. The normalized spacial score (nSPS) is 11.0. The molecule has 0 radical (unpaired) electrons. The van der Waals surface area contributed by atoms with Crippen LogP contribution in [0.15, 0.2) is 60.9 Å². The minimum absolute atomic E-state index is 0.0702. The minimum atomic E-state index is -4.63. The molecule has 1 aromatic heterocycles. The van der Waals surface area contributed by atoms with Crippen molar-refractivity contribution in [2.24, 2.45) is 0 Å². The number of hydrogen-bond donors (Lipinski definition) is 2. The highest BCUT2D eigenvalue weighted by Crippen LogP contribution is 2.36. The number of rotatable bonds is 4. The van der Waals surface area contributed by atoms with Crippen molar-refractivity contribution in [2.45, 2.75) is 6.18 Å². The number of benzene rings is 2. The Morgan fingerprint density at radius 2 is 1.61 bits per heavy atom. The molecule has 0 atom stereocenters. The number of hydrogen-bond acceptors (Lipinski definition) is 4. The van der Waals surface area contributed by atoms with Crippen LogP contribution in [0.25, 0.3) is 0 Å². The van der Waals surface area contributed by atoms with E-state index in [1.165, 1.54) is 18.5 Å². The molecule has 3 rings (SSSR count). The summed E-state index contributed by atoms with van der Waals surface area (Å²) in [5, 5.41) is 4.24. The summed E-state index contributed by atoms with van der Waals surface area (Å²) in [6, 6.07) is 11.2. The van der Waals surface area contributed by atoms with Crippen LogP contribution in [0.1, 0.15) is 5.56 Å². The van der Waals surface area contributed by atoms with E-state index in [4.69, 9.17) is 16.3 Å². The van der Waals surface area contributed by atoms with Crippen molar-refractivity contribution in [1.82, 2.24) is 9.97 Å². The Bertz CT molecular complexity index is 967. The second-order valence-electron chi connectivity index (χ2n) is 5.44. The molecule has 0 saturated carbocycles. The van der Waals surface area contributed by atoms with Gasteiger partial charge in [0.05, 0.1) is 28.7 Å². The van der Waals surface area contributed by atoms with Gasteiger partial charge in [-0.25, -0.2) is 14.8 Å². The maximum absolute atomic E-state index is 12.9. The zero-order chi connectivity index (χ0) is 20.1. The number of para-hydroxylation sites is 1. The predicted octanol–water partition coefficient (Wildman–Crippen LogP) is 5.59. The highest BCUT2D eigenvalue weighted by atomic mass is 35.5. The Labute approximate surface area is 162 Å². The third-order valence-corrected chi connectivity index (χ3v) is 3.70. The summed E-state index contributed by atoms with van der Waals surface area (Å²) in [5.41, 5.74) is -0.889. The largest absolute Gasteiger partial charge is 0.424 e. The summed E-state index contributed by atoms with van der Waals surface area (Å²) in [6.07, 6.45) is -2.03. The average molecular weight is 409 g/mol. The van der Waals surface area contributed by atoms with E-state index in [9.17, 15) is 18.0 Å². The number of aromatic nitrogens is 2. The summed E-state index contributed by atoms with van der Waals surface area (Å²) >= 11 is 5.54. The summed E-state index contributed by atoms with van der Waals surface area (Å²) in [4.78, 5) is 19.9. The number of anilines is 2. The Kier molecular flexibility index (Phi) is 5.65. The number of carbonyl (C=O) groups excluding carboxylic acids is 1. The minimum Gasteiger partial charge on any atom is -0.424 e. The van der Waals surface area contributed by atoms with Gasteiger partial charge in [0.2, 0.25) is 0 Å². The number of urea groups is 1. The van der Waals surface area contributed by atoms with E-state index in [2.05, 4.69) is 20.6 Å². The second kappa shape index (κ2) is 8.13. The maximum Gasteiger partial charge on any atom is 0.417 e. The van der Waals surface area contributed by atoms with Gasteiger partial charge in [0.1, 0.15) is 5.75 Å². The van der Waals surface area contributed by atoms with Gasteiger partial charge in [-0.3, -0.25) is 0 Å². The lowest BCUT2D eigenvalue weighted by Crippen LogP contribution is -2.20. The fraction of sp³-hybridized carbons (Fsp3) is 0.0556. The lowest BCUT2D eigenvalue weighted by atomic mass is 10.2. The molecular weight excluding hydrogens is 397 g/mol. The van der Waals surface area contributed by atoms with Crippen LogP contribution in [-0.2, 0) is 6.18 Å². The third-order valence-electron chi connectivity index (χ3n) is 3.37. The number of nitrogens with zero attached hydrogens (tertiary/aromatic N) is 2. The molecule has 2 amide bonds. The van der Waals surface area contributed by atoms with Crippen LogP contribution < -0.4 is 15.4 Å². The smallest absolute Gasteiger partial charge is 0.417 e. The Balaban J connectivity index is 1.62. The Morgan fingerprint density at radius 3 is 2.25 bits per heavy atom. The predicted molar refractivity (Wildman–Crippen MR) is 97.6 cm³/mol. The molecule has 0 saturated heterocycles. The number of ether oxygens (including phenoxy) is 1. The number of amides is 2. The molecule has 0 bridgehead atoms. The van der Waals surface area contributed by atoms with E-state index >= 15 is 0 Å². The highest BCUT2D eigenvalue weighted by Gasteiger charge is 2.33. The van der Waals surface area contributed by atoms with Gasteiger partial charge in [-0.2, -0.15) is 13.2 Å². The molecule has 144 valence electrons. The van der Waals surface area contributed by atoms with E-state index in [0.29, 0.717) is 5.75 Å². The number of nitrogens with one attached hydrogen (secondary N) is 2. The van der Waals surface area contributed by atoms with Crippen LogP contribution in [0.2, 0.25) is 5.02 Å². The molecule has 10 heteroatoms. The average Bonchev–Trinajstić information content (AvgIpc) is 2.65. The van der Waals surface area contributed by atoms with Crippen molar-refractivity contribution < 1.29 is 22.7 Å². The van der Waals surface area contributed by atoms with Crippen molar-refractivity contribution in [3.8, 4) is 11.8 Å². The van der Waals surface area contributed by atoms with Crippen LogP contribution in [0, 0.1) is 0 Å². The maximum atomic E-state index is 12.9. The van der Waals surface area contributed by atoms with Gasteiger partial charge in [0.15, 0.2) is 0 Å². The first-order valence-corrected chi connectivity index (χ1v) is 8.19. The standard InChI is InChI=1S/C18H12ClF3N4O2/c19-15-7-6-11(8-14(15)18(20,21)22)25-16(27)26-12-9-23-17(24-10-12)28-13-4-2-1-3-5-13/h1-10H,(H2,25,26,27). The molecule has 0 unspecified atom stereocenters. The van der Waals surface area contributed by atoms with E-state index in [1.54, 1.807) is 24.3 Å². The molecule has 0 aliphatic rings. The summed E-state index contributed by atoms with van der Waals surface area (Å²) in [5.74, 6) is 0.546. The molecule has 0 fully saturated rings. The molecule has 28 heavy (non-hydrogen) atoms. The van der Waals surface area contributed by atoms with E-state index in [-0.39, 0.29) is 17.4 Å². The summed E-state index contributed by atoms with van der Waals surface area (Å²) < 4.78 is 44.0. The second-order valence-corrected chi connectivity index (χ2v) is 5.85. The summed E-state index contributed by atoms with van der Waals surface area (Å²) in [7, 11) is 0. The highest BCUT2D eigenvalue weighted by molar-refractivity contribution is 6.31. The molecule has 0 aliphatic heterocycles. The van der Waals surface area contributed by atoms with Crippen LogP contribution >= 0.6 is 11.6 Å². The molecule has 6 nitrogen and oxygen atoms in total. The first-order valence-electron chi connectivity index (χ1n) is 7.81. The van der Waals surface area contributed by atoms with Gasteiger partial charge in [-0.1, -0.05) is 29.8 Å². The third kappa shape index (κ3) is 5.10. The van der Waals surface area contributed by atoms with Gasteiger partial charge in [-0.05, 0) is 30.3 Å². The van der Waals surface area contributed by atoms with Crippen LogP contribution in [-0.4, -0.2) is 16.0 Å². The lowest BCUT2D eigenvalue weighted by Gasteiger charge is -2.12. The lowest BCUT2D eigenvalue weighted by molar-refractivity contribution is -0.137. The van der Waals surface area contributed by atoms with E-state index in [0.717, 1.165) is 12.1 Å². The fourth-order valence-corrected chi connectivity index (χ4v) is 2.37. The van der Waals surface area contributed by atoms with Gasteiger partial charge < -0.3 is 15.4 Å². The van der Waals surface area contributed by atoms with Crippen LogP contribution in [0.4, 0.5) is 29.3 Å². The Morgan fingerprint density at radius 1 is 0.964 bits per heavy atom. The van der Waals surface area contributed by atoms with Crippen molar-refractivity contribution in [2.75, 3.05) is 10.6 Å². The van der Waals surface area contributed by atoms with Crippen molar-refractivity contribution in [3.63, 3.8) is 0 Å². The topological polar surface area (TPSA) is 76.1 Å². The van der Waals surface area contributed by atoms with E-state index < -0.39 is 22.8 Å². The Hall–Kier alpha value is -3.33. The first kappa shape index (κ1) is 19.4. The molecule has 2 aromatic carbocycles. The first-order chi connectivity index (χ1) is 13.3. The molecular formula is C18H12ClF3N4O2. The number of alkyl halides is 3. The molecule has 3 aromatic rings. The molecule has 2 N–H and O–H groups in total. The zero-order valence-corrected chi connectivity index (χ0v) is 14.8. The molecule has 0 spiro atoms. The number of carbonyl (C=O) groups is 1. The quantitative estimate of drug-likeness (QED) is 0.590. The van der Waals surface area contributed by atoms with Gasteiger partial charge >= 0.3 is 18.2 Å². The number of halogens is 4. The zero-order valence-electron chi connectivity index (χ0n) is 14.0. The van der Waals surface area contributed by atoms with Crippen LogP contribution in [0.5, 0.6) is 11.8 Å². The van der Waals surface area contributed by atoms with Gasteiger partial charge in [0, 0.05) is 5.69 Å². The van der Waals surface area contributed by atoms with Gasteiger partial charge in [-0.15, -0.1) is 0 Å². The van der Waals surface area contributed by atoms with E-state index in [1.807, 2.05) is 6.07 Å². The SMILES string of the molecule is O=C(Nc1cnc(Oc2ccccc2)nc1)Nc1ccc(Cl)c(C(F)(F)F)c1. The molecule has 1 heterocycles. The molecule has 0 aliphatic carbocycles. The fourth-order valence-electron chi connectivity index (χ4n) is 2.14. The van der Waals surface area contributed by atoms with Crippen molar-refractivity contribution in [1.29, 1.82) is 0 Å². The van der Waals surface area contributed by atoms with Crippen LogP contribution in [0.3, 0.4) is 0 Å². The van der Waals surface area contributed by atoms with Gasteiger partial charge in [0.25, 0.3) is 0 Å². The monoisotopic (exact) mass is 408 g/mol. The van der Waals surface area contributed by atoms with Crippen molar-refractivity contribution in [3.05, 3.63) is 71.5 Å². The van der Waals surface area contributed by atoms with Crippen molar-refractivity contribution >= 4 is 29.0 Å².